The second kappa shape index (κ2) is 7.42. The molecule has 0 bridgehead atoms. The molecule has 1 amide bonds. The van der Waals surface area contributed by atoms with Gasteiger partial charge in [0.15, 0.2) is 0 Å². The summed E-state index contributed by atoms with van der Waals surface area (Å²) in [7, 11) is 1.50. The Balaban J connectivity index is 2.06. The predicted octanol–water partition coefficient (Wildman–Crippen LogP) is 1.80. The lowest BCUT2D eigenvalue weighted by Gasteiger charge is -2.34. The minimum atomic E-state index is -0.186. The predicted molar refractivity (Wildman–Crippen MR) is 97.8 cm³/mol. The van der Waals surface area contributed by atoms with Gasteiger partial charge in [0.25, 0.3) is 0 Å². The molecule has 0 aromatic carbocycles. The van der Waals surface area contributed by atoms with Crippen LogP contribution in [0.5, 0.6) is 0 Å². The lowest BCUT2D eigenvalue weighted by Crippen LogP contribution is -2.43. The van der Waals surface area contributed by atoms with Gasteiger partial charge in [-0.05, 0) is 19.1 Å². The molecular formula is C16H23N5O2S. The quantitative estimate of drug-likeness (QED) is 0.712. The van der Waals surface area contributed by atoms with Crippen molar-refractivity contribution in [3.05, 3.63) is 12.4 Å². The number of fused-ring (bicyclic) bond motifs is 1. The van der Waals surface area contributed by atoms with Crippen molar-refractivity contribution in [2.45, 2.75) is 23.8 Å². The number of aromatic nitrogens is 2. The molecule has 0 aliphatic carbocycles. The number of hydrogen-bond donors (Lipinski definition) is 3. The Bertz CT molecular complexity index is 733. The van der Waals surface area contributed by atoms with E-state index in [4.69, 9.17) is 10.5 Å². The fourth-order valence-electron chi connectivity index (χ4n) is 3.15. The number of nitrogens with one attached hydrogen (secondary N) is 2. The van der Waals surface area contributed by atoms with Crippen molar-refractivity contribution in [1.82, 2.24) is 9.97 Å². The smallest absolute Gasteiger partial charge is 0.250 e. The highest BCUT2D eigenvalue weighted by Crippen LogP contribution is 2.39. The molecule has 1 atom stereocenters. The van der Waals surface area contributed by atoms with Crippen LogP contribution in [0.4, 0.5) is 11.4 Å². The van der Waals surface area contributed by atoms with Crippen molar-refractivity contribution < 1.29 is 9.53 Å². The number of amides is 1. The van der Waals surface area contributed by atoms with E-state index in [1.165, 1.54) is 7.11 Å². The molecule has 8 heteroatoms. The molecule has 3 rings (SSSR count). The Morgan fingerprint density at radius 1 is 1.62 bits per heavy atom. The molecule has 130 valence electrons. The lowest BCUT2D eigenvalue weighted by atomic mass is 10.1. The fourth-order valence-corrected chi connectivity index (χ4v) is 3.74. The average molecular weight is 349 g/mol. The number of aromatic amines is 1. The van der Waals surface area contributed by atoms with Gasteiger partial charge in [-0.1, -0.05) is 0 Å². The zero-order chi connectivity index (χ0) is 17.1. The summed E-state index contributed by atoms with van der Waals surface area (Å²) in [6.07, 6.45) is 7.80. The summed E-state index contributed by atoms with van der Waals surface area (Å²) >= 11 is 1.65. The second-order valence-electron chi connectivity index (χ2n) is 5.93. The standard InChI is InChI=1S/C16H23N5O2S/c1-23-9-13(22)20-11-6-18-16-14(11)15(12(24-2)7-19-16)21-5-3-4-10(17)8-21/h6-7,10H,3-5,8-9,17H2,1-2H3,(H,18,19)(H,20,22). The van der Waals surface area contributed by atoms with Gasteiger partial charge in [-0.25, -0.2) is 4.98 Å². The minimum Gasteiger partial charge on any atom is -0.375 e. The number of thioether (sulfide) groups is 1. The van der Waals surface area contributed by atoms with E-state index in [-0.39, 0.29) is 18.6 Å². The van der Waals surface area contributed by atoms with Crippen molar-refractivity contribution in [2.75, 3.05) is 43.3 Å². The van der Waals surface area contributed by atoms with E-state index in [0.717, 1.165) is 53.2 Å². The van der Waals surface area contributed by atoms with Crippen LogP contribution >= 0.6 is 11.8 Å². The highest BCUT2D eigenvalue weighted by molar-refractivity contribution is 7.98. The summed E-state index contributed by atoms with van der Waals surface area (Å²) in [5, 5.41) is 3.84. The van der Waals surface area contributed by atoms with Gasteiger partial charge in [0.2, 0.25) is 5.91 Å². The number of ether oxygens (including phenoxy) is 1. The Labute approximate surface area is 145 Å². The Morgan fingerprint density at radius 3 is 3.17 bits per heavy atom. The number of piperidine rings is 1. The molecular weight excluding hydrogens is 326 g/mol. The van der Waals surface area contributed by atoms with E-state index in [2.05, 4.69) is 20.2 Å². The minimum absolute atomic E-state index is 0.0201. The largest absolute Gasteiger partial charge is 0.375 e. The van der Waals surface area contributed by atoms with Crippen LogP contribution in [-0.4, -0.2) is 55.0 Å². The molecule has 1 unspecified atom stereocenters. The molecule has 0 saturated carbocycles. The van der Waals surface area contributed by atoms with Crippen LogP contribution in [-0.2, 0) is 9.53 Å². The first-order valence-electron chi connectivity index (χ1n) is 7.97. The monoisotopic (exact) mass is 349 g/mol. The van der Waals surface area contributed by atoms with Gasteiger partial charge in [0, 0.05) is 43.5 Å². The molecule has 1 aliphatic heterocycles. The summed E-state index contributed by atoms with van der Waals surface area (Å²) in [5.41, 5.74) is 8.75. The van der Waals surface area contributed by atoms with Gasteiger partial charge in [0.1, 0.15) is 12.3 Å². The zero-order valence-corrected chi connectivity index (χ0v) is 14.8. The number of nitrogens with zero attached hydrogens (tertiary/aromatic N) is 2. The van der Waals surface area contributed by atoms with Crippen molar-refractivity contribution in [3.63, 3.8) is 0 Å². The number of nitrogens with two attached hydrogens (primary N) is 1. The maximum absolute atomic E-state index is 11.9. The van der Waals surface area contributed by atoms with Gasteiger partial charge in [-0.15, -0.1) is 11.8 Å². The third-order valence-electron chi connectivity index (χ3n) is 4.18. The van der Waals surface area contributed by atoms with E-state index in [1.54, 1.807) is 18.0 Å². The highest BCUT2D eigenvalue weighted by Gasteiger charge is 2.24. The molecule has 2 aromatic heterocycles. The number of anilines is 2. The highest BCUT2D eigenvalue weighted by atomic mass is 32.2. The molecule has 4 N–H and O–H groups in total. The number of rotatable bonds is 5. The van der Waals surface area contributed by atoms with Crippen LogP contribution in [0.25, 0.3) is 11.0 Å². The zero-order valence-electron chi connectivity index (χ0n) is 14.0. The van der Waals surface area contributed by atoms with Crippen molar-refractivity contribution in [2.24, 2.45) is 5.73 Å². The van der Waals surface area contributed by atoms with E-state index < -0.39 is 0 Å². The Kier molecular flexibility index (Phi) is 5.27. The van der Waals surface area contributed by atoms with Crippen LogP contribution in [0.3, 0.4) is 0 Å². The topological polar surface area (TPSA) is 96.3 Å². The first-order chi connectivity index (χ1) is 11.6. The van der Waals surface area contributed by atoms with Gasteiger partial charge in [-0.2, -0.15) is 0 Å². The summed E-state index contributed by atoms with van der Waals surface area (Å²) in [4.78, 5) is 23.0. The molecule has 0 radical (unpaired) electrons. The van der Waals surface area contributed by atoms with Crippen LogP contribution in [0.15, 0.2) is 17.3 Å². The van der Waals surface area contributed by atoms with E-state index in [0.29, 0.717) is 0 Å². The van der Waals surface area contributed by atoms with Crippen LogP contribution in [0.2, 0.25) is 0 Å². The summed E-state index contributed by atoms with van der Waals surface area (Å²) in [5.74, 6) is -0.186. The maximum Gasteiger partial charge on any atom is 0.250 e. The first kappa shape index (κ1) is 17.1. The summed E-state index contributed by atoms with van der Waals surface area (Å²) in [6.45, 7) is 1.78. The Hall–Kier alpha value is -1.77. The number of hydrogen-bond acceptors (Lipinski definition) is 6. The molecule has 7 nitrogen and oxygen atoms in total. The van der Waals surface area contributed by atoms with Gasteiger partial charge >= 0.3 is 0 Å². The summed E-state index contributed by atoms with van der Waals surface area (Å²) in [6, 6.07) is 0.169. The normalized spacial score (nSPS) is 18.1. The van der Waals surface area contributed by atoms with Gasteiger partial charge in [0.05, 0.1) is 16.8 Å². The number of H-pyrrole nitrogens is 1. The first-order valence-corrected chi connectivity index (χ1v) is 9.20. The van der Waals surface area contributed by atoms with Crippen LogP contribution < -0.4 is 16.0 Å². The van der Waals surface area contributed by atoms with Crippen molar-refractivity contribution in [3.8, 4) is 0 Å². The molecule has 3 heterocycles. The third-order valence-corrected chi connectivity index (χ3v) is 4.92. The molecule has 0 spiro atoms. The third kappa shape index (κ3) is 3.35. The molecule has 24 heavy (non-hydrogen) atoms. The molecule has 1 aliphatic rings. The van der Waals surface area contributed by atoms with Gasteiger partial charge in [-0.3, -0.25) is 4.79 Å². The van der Waals surface area contributed by atoms with E-state index in [1.807, 2.05) is 12.5 Å². The number of carbonyl (C=O) groups excluding carboxylic acids is 1. The molecule has 1 fully saturated rings. The molecule has 1 saturated heterocycles. The van der Waals surface area contributed by atoms with Crippen LogP contribution in [0.1, 0.15) is 12.8 Å². The van der Waals surface area contributed by atoms with Crippen molar-refractivity contribution >= 4 is 40.1 Å². The number of methoxy groups -OCH3 is 1. The maximum atomic E-state index is 11.9. The fraction of sp³-hybridized carbons (Fsp3) is 0.500. The number of carbonyl (C=O) groups is 1. The van der Waals surface area contributed by atoms with Crippen molar-refractivity contribution in [1.29, 1.82) is 0 Å². The van der Waals surface area contributed by atoms with Gasteiger partial charge < -0.3 is 25.7 Å². The number of pyridine rings is 1. The van der Waals surface area contributed by atoms with E-state index in [9.17, 15) is 4.79 Å². The Morgan fingerprint density at radius 2 is 2.46 bits per heavy atom. The van der Waals surface area contributed by atoms with E-state index >= 15 is 0 Å². The van der Waals surface area contributed by atoms with Crippen LogP contribution in [0, 0.1) is 0 Å². The SMILES string of the molecule is COCC(=O)Nc1c[nH]c2ncc(SC)c(N3CCCC(N)C3)c12. The lowest BCUT2D eigenvalue weighted by molar-refractivity contribution is -0.119. The summed E-state index contributed by atoms with van der Waals surface area (Å²) < 4.78 is 4.90. The average Bonchev–Trinajstić information content (AvgIpc) is 2.97. The molecule has 2 aromatic rings. The second-order valence-corrected chi connectivity index (χ2v) is 6.78.